The molecule has 4 aromatic rings. The number of amides is 1. The number of fused-ring (bicyclic) bond motifs is 2. The molecule has 2 aromatic carbocycles. The van der Waals surface area contributed by atoms with Gasteiger partial charge in [-0.2, -0.15) is 0 Å². The Hall–Kier alpha value is -3.08. The van der Waals surface area contributed by atoms with Gasteiger partial charge in [0, 0.05) is 16.6 Å². The van der Waals surface area contributed by atoms with Crippen molar-refractivity contribution in [2.24, 2.45) is 0 Å². The van der Waals surface area contributed by atoms with E-state index in [1.807, 2.05) is 55.5 Å². The van der Waals surface area contributed by atoms with Crippen LogP contribution in [-0.2, 0) is 11.2 Å². The largest absolute Gasteiger partial charge is 0.358 e. The van der Waals surface area contributed by atoms with Crippen LogP contribution in [0.1, 0.15) is 11.3 Å². The first-order chi connectivity index (χ1) is 11.2. The quantitative estimate of drug-likeness (QED) is 0.541. The molecule has 2 aromatic heterocycles. The Kier molecular flexibility index (Phi) is 3.12. The fraction of sp³-hybridized carbons (Fsp3) is 0.111. The highest BCUT2D eigenvalue weighted by atomic mass is 16.1. The van der Waals surface area contributed by atoms with Crippen molar-refractivity contribution in [3.05, 3.63) is 59.8 Å². The van der Waals surface area contributed by atoms with E-state index in [4.69, 9.17) is 0 Å². The molecule has 0 bridgehead atoms. The van der Waals surface area contributed by atoms with Gasteiger partial charge in [0.25, 0.3) is 0 Å². The van der Waals surface area contributed by atoms with E-state index in [0.717, 1.165) is 33.2 Å². The zero-order chi connectivity index (χ0) is 15.8. The first kappa shape index (κ1) is 13.6. The van der Waals surface area contributed by atoms with Crippen LogP contribution in [0.25, 0.3) is 21.9 Å². The van der Waals surface area contributed by atoms with Crippen LogP contribution in [0, 0.1) is 6.92 Å². The third-order valence-corrected chi connectivity index (χ3v) is 4.01. The number of anilines is 1. The van der Waals surface area contributed by atoms with E-state index in [2.05, 4.69) is 20.3 Å². The van der Waals surface area contributed by atoms with Crippen molar-refractivity contribution in [2.45, 2.75) is 13.3 Å². The van der Waals surface area contributed by atoms with Crippen molar-refractivity contribution in [3.63, 3.8) is 0 Å². The maximum absolute atomic E-state index is 12.4. The average molecular weight is 304 g/mol. The predicted molar refractivity (Wildman–Crippen MR) is 91.5 cm³/mol. The second-order valence-electron chi connectivity index (χ2n) is 5.60. The van der Waals surface area contributed by atoms with Crippen LogP contribution in [0.5, 0.6) is 0 Å². The molecule has 0 fully saturated rings. The van der Waals surface area contributed by atoms with Crippen molar-refractivity contribution in [2.75, 3.05) is 5.32 Å². The maximum Gasteiger partial charge on any atom is 0.231 e. The van der Waals surface area contributed by atoms with Crippen LogP contribution in [0.4, 0.5) is 5.95 Å². The molecule has 5 heteroatoms. The number of hydrogen-bond donors (Lipinski definition) is 3. The number of H-pyrrole nitrogens is 2. The molecule has 0 saturated heterocycles. The van der Waals surface area contributed by atoms with Crippen LogP contribution in [0.2, 0.25) is 0 Å². The number of aromatic nitrogens is 3. The lowest BCUT2D eigenvalue weighted by molar-refractivity contribution is -0.115. The number of hydrogen-bond acceptors (Lipinski definition) is 2. The number of carbonyl (C=O) groups is 1. The number of carbonyl (C=O) groups excluding carboxylic acids is 1. The molecule has 0 spiro atoms. The summed E-state index contributed by atoms with van der Waals surface area (Å²) in [5.41, 5.74) is 4.84. The highest BCUT2D eigenvalue weighted by molar-refractivity contribution is 5.96. The van der Waals surface area contributed by atoms with Crippen LogP contribution >= 0.6 is 0 Å². The van der Waals surface area contributed by atoms with Gasteiger partial charge in [0.2, 0.25) is 11.9 Å². The van der Waals surface area contributed by atoms with Crippen LogP contribution in [0.3, 0.4) is 0 Å². The van der Waals surface area contributed by atoms with E-state index in [1.54, 1.807) is 0 Å². The average Bonchev–Trinajstić information content (AvgIpc) is 3.08. The van der Waals surface area contributed by atoms with Crippen molar-refractivity contribution < 1.29 is 4.79 Å². The smallest absolute Gasteiger partial charge is 0.231 e. The molecular weight excluding hydrogens is 288 g/mol. The second kappa shape index (κ2) is 5.28. The van der Waals surface area contributed by atoms with Gasteiger partial charge in [0.05, 0.1) is 17.5 Å². The fourth-order valence-electron chi connectivity index (χ4n) is 2.91. The Morgan fingerprint density at radius 3 is 2.61 bits per heavy atom. The molecule has 0 unspecified atom stereocenters. The molecule has 0 atom stereocenters. The minimum atomic E-state index is -0.0862. The molecule has 0 aliphatic carbocycles. The van der Waals surface area contributed by atoms with Gasteiger partial charge < -0.3 is 9.97 Å². The number of para-hydroxylation sites is 3. The summed E-state index contributed by atoms with van der Waals surface area (Å²) in [6, 6.07) is 15.7. The van der Waals surface area contributed by atoms with Crippen LogP contribution in [0.15, 0.2) is 48.5 Å². The van der Waals surface area contributed by atoms with Gasteiger partial charge in [-0.15, -0.1) is 0 Å². The van der Waals surface area contributed by atoms with Gasteiger partial charge in [0.1, 0.15) is 0 Å². The van der Waals surface area contributed by atoms with Crippen molar-refractivity contribution in [3.8, 4) is 0 Å². The Morgan fingerprint density at radius 1 is 1.04 bits per heavy atom. The molecular formula is C18H16N4O. The standard InChI is InChI=1S/C18H16N4O/c1-11-13(12-6-2-3-7-14(12)19-11)10-17(23)22-18-20-15-8-4-5-9-16(15)21-18/h2-9,19H,10H2,1H3,(H2,20,21,22,23). The lowest BCUT2D eigenvalue weighted by Crippen LogP contribution is -2.15. The van der Waals surface area contributed by atoms with Gasteiger partial charge in [0.15, 0.2) is 0 Å². The first-order valence-corrected chi connectivity index (χ1v) is 7.51. The number of rotatable bonds is 3. The molecule has 0 aliphatic heterocycles. The van der Waals surface area contributed by atoms with E-state index in [1.165, 1.54) is 0 Å². The summed E-state index contributed by atoms with van der Waals surface area (Å²) >= 11 is 0. The molecule has 2 heterocycles. The minimum absolute atomic E-state index is 0.0862. The lowest BCUT2D eigenvalue weighted by atomic mass is 10.1. The summed E-state index contributed by atoms with van der Waals surface area (Å²) in [5, 5.41) is 3.93. The summed E-state index contributed by atoms with van der Waals surface area (Å²) in [4.78, 5) is 23.2. The predicted octanol–water partition coefficient (Wildman–Crippen LogP) is 3.53. The van der Waals surface area contributed by atoms with Crippen LogP contribution in [-0.4, -0.2) is 20.9 Å². The van der Waals surface area contributed by atoms with Crippen LogP contribution < -0.4 is 5.32 Å². The maximum atomic E-state index is 12.4. The van der Waals surface area contributed by atoms with Gasteiger partial charge in [-0.3, -0.25) is 10.1 Å². The highest BCUT2D eigenvalue weighted by Crippen LogP contribution is 2.22. The topological polar surface area (TPSA) is 73.6 Å². The molecule has 4 rings (SSSR count). The SMILES string of the molecule is Cc1[nH]c2ccccc2c1CC(=O)Nc1nc2ccccc2[nH]1. The molecule has 0 saturated carbocycles. The third-order valence-electron chi connectivity index (χ3n) is 4.01. The highest BCUT2D eigenvalue weighted by Gasteiger charge is 2.13. The molecule has 5 nitrogen and oxygen atoms in total. The van der Waals surface area contributed by atoms with Gasteiger partial charge in [-0.25, -0.2) is 4.98 Å². The number of nitrogens with zero attached hydrogens (tertiary/aromatic N) is 1. The molecule has 23 heavy (non-hydrogen) atoms. The van der Waals surface area contributed by atoms with Gasteiger partial charge in [-0.1, -0.05) is 30.3 Å². The Morgan fingerprint density at radius 2 is 1.78 bits per heavy atom. The fourth-order valence-corrected chi connectivity index (χ4v) is 2.91. The third kappa shape index (κ3) is 2.46. The molecule has 114 valence electrons. The molecule has 0 radical (unpaired) electrons. The Bertz CT molecular complexity index is 979. The molecule has 1 amide bonds. The summed E-state index contributed by atoms with van der Waals surface area (Å²) < 4.78 is 0. The van der Waals surface area contributed by atoms with Crippen molar-refractivity contribution in [1.82, 2.24) is 15.0 Å². The monoisotopic (exact) mass is 304 g/mol. The Balaban J connectivity index is 1.58. The van der Waals surface area contributed by atoms with E-state index in [9.17, 15) is 4.79 Å². The van der Waals surface area contributed by atoms with E-state index in [-0.39, 0.29) is 5.91 Å². The zero-order valence-corrected chi connectivity index (χ0v) is 12.7. The summed E-state index contributed by atoms with van der Waals surface area (Å²) in [6.45, 7) is 1.99. The molecule has 3 N–H and O–H groups in total. The normalized spacial score (nSPS) is 11.2. The summed E-state index contributed by atoms with van der Waals surface area (Å²) in [7, 11) is 0. The van der Waals surface area contributed by atoms with E-state index >= 15 is 0 Å². The van der Waals surface area contributed by atoms with Crippen molar-refractivity contribution >= 4 is 33.8 Å². The second-order valence-corrected chi connectivity index (χ2v) is 5.60. The zero-order valence-electron chi connectivity index (χ0n) is 12.7. The number of nitrogens with one attached hydrogen (secondary N) is 3. The van der Waals surface area contributed by atoms with Gasteiger partial charge in [-0.05, 0) is 30.7 Å². The number of benzene rings is 2. The summed E-state index contributed by atoms with van der Waals surface area (Å²) in [5.74, 6) is 0.394. The summed E-state index contributed by atoms with van der Waals surface area (Å²) in [6.07, 6.45) is 0.312. The van der Waals surface area contributed by atoms with Gasteiger partial charge >= 0.3 is 0 Å². The number of imidazole rings is 1. The number of aromatic amines is 2. The van der Waals surface area contributed by atoms with E-state index < -0.39 is 0 Å². The molecule has 0 aliphatic rings. The van der Waals surface area contributed by atoms with Crippen molar-refractivity contribution in [1.29, 1.82) is 0 Å². The number of aryl methyl sites for hydroxylation is 1. The Labute approximate surface area is 132 Å². The lowest BCUT2D eigenvalue weighted by Gasteiger charge is -2.02. The van der Waals surface area contributed by atoms with E-state index in [0.29, 0.717) is 12.4 Å². The first-order valence-electron chi connectivity index (χ1n) is 7.51. The minimum Gasteiger partial charge on any atom is -0.358 e.